The molecule has 0 N–H and O–H groups in total. The Labute approximate surface area is 112 Å². The average molecular weight is 258 g/mol. The van der Waals surface area contributed by atoms with Crippen molar-refractivity contribution >= 4 is 0 Å². The largest absolute Gasteiger partial charge is 0.368 e. The van der Waals surface area contributed by atoms with E-state index < -0.39 is 0 Å². The van der Waals surface area contributed by atoms with Crippen LogP contribution in [0.15, 0.2) is 34.9 Å². The molecule has 1 aliphatic rings. The van der Waals surface area contributed by atoms with Crippen molar-refractivity contribution in [3.63, 3.8) is 0 Å². The molecule has 1 aliphatic heterocycles. The van der Waals surface area contributed by atoms with Crippen LogP contribution in [0.5, 0.6) is 0 Å². The number of hydrogen-bond donors (Lipinski definition) is 0. The maximum atomic E-state index is 5.63. The molecule has 1 fully saturated rings. The zero-order chi connectivity index (χ0) is 13.1. The van der Waals surface area contributed by atoms with Gasteiger partial charge in [-0.15, -0.1) is 0 Å². The van der Waals surface area contributed by atoms with Gasteiger partial charge in [-0.25, -0.2) is 0 Å². The van der Waals surface area contributed by atoms with Crippen molar-refractivity contribution in [2.24, 2.45) is 5.92 Å². The van der Waals surface area contributed by atoms with Crippen LogP contribution in [0.25, 0.3) is 0 Å². The molecule has 19 heavy (non-hydrogen) atoms. The molecule has 0 spiro atoms. The molecule has 100 valence electrons. The van der Waals surface area contributed by atoms with Gasteiger partial charge in [0, 0.05) is 13.0 Å². The van der Waals surface area contributed by atoms with Gasteiger partial charge in [0.2, 0.25) is 0 Å². The van der Waals surface area contributed by atoms with Crippen molar-refractivity contribution < 1.29 is 9.26 Å². The van der Waals surface area contributed by atoms with E-state index in [9.17, 15) is 0 Å². The van der Waals surface area contributed by atoms with Crippen LogP contribution < -0.4 is 0 Å². The first-order valence-corrected chi connectivity index (χ1v) is 6.81. The highest BCUT2D eigenvalue weighted by Crippen LogP contribution is 2.32. The first-order valence-electron chi connectivity index (χ1n) is 6.81. The van der Waals surface area contributed by atoms with E-state index in [-0.39, 0.29) is 6.10 Å². The number of aromatic nitrogens is 2. The van der Waals surface area contributed by atoms with Gasteiger partial charge in [-0.2, -0.15) is 4.98 Å². The molecule has 4 heteroatoms. The lowest BCUT2D eigenvalue weighted by Gasteiger charge is -2.07. The van der Waals surface area contributed by atoms with Crippen molar-refractivity contribution in [2.75, 3.05) is 6.61 Å². The van der Waals surface area contributed by atoms with Crippen LogP contribution in [0.3, 0.4) is 0 Å². The molecule has 2 atom stereocenters. The molecule has 0 saturated carbocycles. The van der Waals surface area contributed by atoms with E-state index in [1.165, 1.54) is 5.56 Å². The van der Waals surface area contributed by atoms with E-state index in [0.29, 0.717) is 11.8 Å². The summed E-state index contributed by atoms with van der Waals surface area (Å²) in [5.74, 6) is 1.86. The van der Waals surface area contributed by atoms with Gasteiger partial charge < -0.3 is 9.26 Å². The molecular formula is C15H18N2O2. The maximum absolute atomic E-state index is 5.63. The van der Waals surface area contributed by atoms with Crippen LogP contribution >= 0.6 is 0 Å². The summed E-state index contributed by atoms with van der Waals surface area (Å²) in [5.41, 5.74) is 1.29. The number of ether oxygens (including phenoxy) is 1. The summed E-state index contributed by atoms with van der Waals surface area (Å²) < 4.78 is 11.0. The van der Waals surface area contributed by atoms with Gasteiger partial charge in [0.05, 0.1) is 0 Å². The molecular weight excluding hydrogens is 240 g/mol. The summed E-state index contributed by atoms with van der Waals surface area (Å²) in [6, 6.07) is 10.3. The minimum absolute atomic E-state index is 0.0158. The summed E-state index contributed by atoms with van der Waals surface area (Å²) >= 11 is 0. The topological polar surface area (TPSA) is 48.2 Å². The fourth-order valence-corrected chi connectivity index (χ4v) is 2.40. The highest BCUT2D eigenvalue weighted by atomic mass is 16.5. The number of benzene rings is 1. The van der Waals surface area contributed by atoms with Gasteiger partial charge in [-0.05, 0) is 24.3 Å². The third-order valence-electron chi connectivity index (χ3n) is 3.59. The van der Waals surface area contributed by atoms with Crippen LogP contribution in [0.1, 0.15) is 36.7 Å². The Bertz CT molecular complexity index is 524. The molecule has 0 aliphatic carbocycles. The highest BCUT2D eigenvalue weighted by molar-refractivity contribution is 5.15. The molecule has 0 unspecified atom stereocenters. The van der Waals surface area contributed by atoms with Gasteiger partial charge in [0.25, 0.3) is 5.89 Å². The van der Waals surface area contributed by atoms with Crippen LogP contribution in [0.2, 0.25) is 0 Å². The van der Waals surface area contributed by atoms with Gasteiger partial charge in [0.1, 0.15) is 6.10 Å². The second-order valence-electron chi connectivity index (χ2n) is 5.09. The summed E-state index contributed by atoms with van der Waals surface area (Å²) in [6.07, 6.45) is 2.78. The monoisotopic (exact) mass is 258 g/mol. The molecule has 1 saturated heterocycles. The number of aryl methyl sites for hydroxylation is 2. The predicted octanol–water partition coefficient (Wildman–Crippen LogP) is 2.95. The number of rotatable bonds is 4. The van der Waals surface area contributed by atoms with Crippen molar-refractivity contribution in [1.82, 2.24) is 10.1 Å². The summed E-state index contributed by atoms with van der Waals surface area (Å²) in [4.78, 5) is 4.45. The average Bonchev–Trinajstić information content (AvgIpc) is 3.06. The fourth-order valence-electron chi connectivity index (χ4n) is 2.40. The van der Waals surface area contributed by atoms with Crippen molar-refractivity contribution in [3.8, 4) is 0 Å². The van der Waals surface area contributed by atoms with Crippen LogP contribution in [-0.2, 0) is 17.6 Å². The third kappa shape index (κ3) is 2.84. The SMILES string of the molecule is C[C@H]1CCO[C@@H]1c1nc(CCc2ccccc2)no1. The van der Waals surface area contributed by atoms with Crippen LogP contribution in [-0.4, -0.2) is 16.7 Å². The molecule has 4 nitrogen and oxygen atoms in total. The zero-order valence-electron chi connectivity index (χ0n) is 11.1. The predicted molar refractivity (Wildman–Crippen MR) is 70.6 cm³/mol. The van der Waals surface area contributed by atoms with Crippen molar-refractivity contribution in [2.45, 2.75) is 32.3 Å². The van der Waals surface area contributed by atoms with Gasteiger partial charge in [0.15, 0.2) is 5.82 Å². The lowest BCUT2D eigenvalue weighted by molar-refractivity contribution is 0.0661. The Morgan fingerprint density at radius 3 is 2.79 bits per heavy atom. The molecule has 1 aromatic carbocycles. The molecule has 3 rings (SSSR count). The Kier molecular flexibility index (Phi) is 3.60. The standard InChI is InChI=1S/C15H18N2O2/c1-11-9-10-18-14(11)15-16-13(17-19-15)8-7-12-5-3-2-4-6-12/h2-6,11,14H,7-10H2,1H3/t11-,14-/m0/s1. The van der Waals surface area contributed by atoms with Crippen molar-refractivity contribution in [3.05, 3.63) is 47.6 Å². The summed E-state index contributed by atoms with van der Waals surface area (Å²) in [6.45, 7) is 2.94. The van der Waals surface area contributed by atoms with E-state index in [1.54, 1.807) is 0 Å². The molecule has 0 radical (unpaired) electrons. The van der Waals surface area contributed by atoms with Crippen molar-refractivity contribution in [1.29, 1.82) is 0 Å². The highest BCUT2D eigenvalue weighted by Gasteiger charge is 2.30. The molecule has 2 aromatic rings. The first kappa shape index (κ1) is 12.4. The zero-order valence-corrected chi connectivity index (χ0v) is 11.1. The van der Waals surface area contributed by atoms with Gasteiger partial charge >= 0.3 is 0 Å². The van der Waals surface area contributed by atoms with Gasteiger partial charge in [-0.1, -0.05) is 42.4 Å². The first-order chi connectivity index (χ1) is 9.33. The second-order valence-corrected chi connectivity index (χ2v) is 5.09. The lowest BCUT2D eigenvalue weighted by atomic mass is 10.0. The van der Waals surface area contributed by atoms with E-state index >= 15 is 0 Å². The molecule has 0 bridgehead atoms. The summed E-state index contributed by atoms with van der Waals surface area (Å²) in [5, 5.41) is 4.04. The third-order valence-corrected chi connectivity index (χ3v) is 3.59. The molecule has 1 aromatic heterocycles. The Hall–Kier alpha value is -1.68. The summed E-state index contributed by atoms with van der Waals surface area (Å²) in [7, 11) is 0. The Morgan fingerprint density at radius 1 is 1.21 bits per heavy atom. The molecule has 2 heterocycles. The second kappa shape index (κ2) is 5.53. The van der Waals surface area contributed by atoms with E-state index in [1.807, 2.05) is 18.2 Å². The smallest absolute Gasteiger partial charge is 0.256 e. The minimum atomic E-state index is -0.0158. The quantitative estimate of drug-likeness (QED) is 0.846. The number of nitrogens with zero attached hydrogens (tertiary/aromatic N) is 2. The van der Waals surface area contributed by atoms with Crippen LogP contribution in [0.4, 0.5) is 0 Å². The fraction of sp³-hybridized carbons (Fsp3) is 0.467. The van der Waals surface area contributed by atoms with Crippen LogP contribution in [0, 0.1) is 5.92 Å². The lowest BCUT2D eigenvalue weighted by Crippen LogP contribution is -2.04. The maximum Gasteiger partial charge on any atom is 0.256 e. The Morgan fingerprint density at radius 2 is 2.05 bits per heavy atom. The minimum Gasteiger partial charge on any atom is -0.368 e. The van der Waals surface area contributed by atoms with E-state index in [0.717, 1.165) is 31.7 Å². The van der Waals surface area contributed by atoms with Gasteiger partial charge in [-0.3, -0.25) is 0 Å². The van der Waals surface area contributed by atoms with E-state index in [2.05, 4.69) is 29.2 Å². The van der Waals surface area contributed by atoms with E-state index in [4.69, 9.17) is 9.26 Å². The Balaban J connectivity index is 1.62. The normalized spacial score (nSPS) is 22.8. The number of hydrogen-bond acceptors (Lipinski definition) is 4. The molecule has 0 amide bonds.